The van der Waals surface area contributed by atoms with Gasteiger partial charge in [-0.05, 0) is 6.92 Å². The largest absolute Gasteiger partial charge is 0.372 e. The van der Waals surface area contributed by atoms with E-state index in [2.05, 4.69) is 16.0 Å². The molecule has 0 spiro atoms. The molecule has 0 heterocycles. The maximum Gasteiger partial charge on any atom is 0.123 e. The Kier molecular flexibility index (Phi) is 4.91. The van der Waals surface area contributed by atoms with Crippen LogP contribution >= 0.6 is 0 Å². The second-order valence-corrected chi connectivity index (χ2v) is 1.57. The van der Waals surface area contributed by atoms with Crippen molar-refractivity contribution in [3.63, 3.8) is 0 Å². The molecule has 0 aromatic heterocycles. The highest BCUT2D eigenvalue weighted by atomic mass is 15.5. The summed E-state index contributed by atoms with van der Waals surface area (Å²) < 4.78 is 0. The second-order valence-electron chi connectivity index (χ2n) is 1.57. The molecule has 9 heavy (non-hydrogen) atoms. The highest BCUT2D eigenvalue weighted by Gasteiger charge is 1.88. The number of amidine groups is 1. The van der Waals surface area contributed by atoms with Gasteiger partial charge >= 0.3 is 0 Å². The van der Waals surface area contributed by atoms with Crippen molar-refractivity contribution in [2.45, 2.75) is 20.3 Å². The van der Waals surface area contributed by atoms with Crippen molar-refractivity contribution in [2.24, 2.45) is 10.9 Å². The van der Waals surface area contributed by atoms with Gasteiger partial charge in [-0.1, -0.05) is 6.92 Å². The van der Waals surface area contributed by atoms with Crippen LogP contribution in [-0.2, 0) is 0 Å². The number of hydrogen-bond donors (Lipinski definition) is 3. The Balaban J connectivity index is 3.53. The van der Waals surface area contributed by atoms with E-state index in [0.29, 0.717) is 0 Å². The molecule has 0 saturated carbocycles. The first-order valence-corrected chi connectivity index (χ1v) is 3.11. The Labute approximate surface area is 55.5 Å². The van der Waals surface area contributed by atoms with Crippen LogP contribution in [0.25, 0.3) is 0 Å². The third-order valence-corrected chi connectivity index (χ3v) is 0.915. The van der Waals surface area contributed by atoms with Crippen LogP contribution in [0.4, 0.5) is 0 Å². The van der Waals surface area contributed by atoms with Crippen LogP contribution in [-0.4, -0.2) is 12.4 Å². The maximum absolute atomic E-state index is 4.96. The molecule has 0 radical (unpaired) electrons. The lowest BCUT2D eigenvalue weighted by molar-refractivity contribution is 0.778. The molecule has 0 rings (SSSR count). The smallest absolute Gasteiger partial charge is 0.123 e. The lowest BCUT2D eigenvalue weighted by Gasteiger charge is -2.02. The predicted molar refractivity (Wildman–Crippen MR) is 38.7 cm³/mol. The van der Waals surface area contributed by atoms with Crippen molar-refractivity contribution >= 4 is 5.84 Å². The molecule has 4 N–H and O–H groups in total. The zero-order valence-electron chi connectivity index (χ0n) is 5.94. The van der Waals surface area contributed by atoms with E-state index in [0.717, 1.165) is 18.8 Å². The molecule has 0 saturated heterocycles. The molecule has 0 aromatic rings. The van der Waals surface area contributed by atoms with Crippen LogP contribution in [0.5, 0.6) is 0 Å². The van der Waals surface area contributed by atoms with Gasteiger partial charge in [-0.2, -0.15) is 5.10 Å². The third-order valence-electron chi connectivity index (χ3n) is 0.915. The molecular weight excluding hydrogens is 116 g/mol. The molecule has 0 fully saturated rings. The Morgan fingerprint density at radius 3 is 2.56 bits per heavy atom. The molecule has 0 aromatic carbocycles. The number of hydrazine groups is 1. The molecule has 0 amide bonds. The van der Waals surface area contributed by atoms with E-state index in [1.54, 1.807) is 0 Å². The summed E-state index contributed by atoms with van der Waals surface area (Å²) >= 11 is 0. The highest BCUT2D eigenvalue weighted by Crippen LogP contribution is 1.76. The SMILES string of the molecule is CCN/C(CC)=N\NN. The third kappa shape index (κ3) is 3.78. The highest BCUT2D eigenvalue weighted by molar-refractivity contribution is 5.81. The lowest BCUT2D eigenvalue weighted by atomic mass is 10.4. The van der Waals surface area contributed by atoms with Crippen LogP contribution in [0.3, 0.4) is 0 Å². The number of hydrogen-bond acceptors (Lipinski definition) is 3. The molecule has 0 aliphatic carbocycles. The van der Waals surface area contributed by atoms with E-state index >= 15 is 0 Å². The van der Waals surface area contributed by atoms with Gasteiger partial charge in [0.15, 0.2) is 0 Å². The standard InChI is InChI=1S/C5H14N4/c1-3-5(7-4-2)8-9-6/h9H,3-4,6H2,1-2H3,(H,7,8). The first kappa shape index (κ1) is 8.23. The van der Waals surface area contributed by atoms with Gasteiger partial charge in [-0.3, -0.25) is 0 Å². The molecule has 4 nitrogen and oxygen atoms in total. The normalized spacial score (nSPS) is 11.2. The zero-order chi connectivity index (χ0) is 7.11. The number of nitrogens with zero attached hydrogens (tertiary/aromatic N) is 1. The van der Waals surface area contributed by atoms with Gasteiger partial charge in [0, 0.05) is 13.0 Å². The van der Waals surface area contributed by atoms with Gasteiger partial charge in [0.05, 0.1) is 0 Å². The van der Waals surface area contributed by atoms with Gasteiger partial charge in [-0.25, -0.2) is 11.4 Å². The molecular formula is C5H14N4. The lowest BCUT2D eigenvalue weighted by Crippen LogP contribution is -2.27. The minimum atomic E-state index is 0.873. The van der Waals surface area contributed by atoms with E-state index in [1.165, 1.54) is 0 Å². The average Bonchev–Trinajstić information content (AvgIpc) is 1.88. The van der Waals surface area contributed by atoms with Crippen molar-refractivity contribution in [2.75, 3.05) is 6.54 Å². The fourth-order valence-corrected chi connectivity index (χ4v) is 0.526. The summed E-state index contributed by atoms with van der Waals surface area (Å²) in [6.45, 7) is 4.91. The minimum absolute atomic E-state index is 0.873. The van der Waals surface area contributed by atoms with Crippen LogP contribution in [0.15, 0.2) is 5.10 Å². The van der Waals surface area contributed by atoms with E-state index in [1.807, 2.05) is 13.8 Å². The average molecular weight is 130 g/mol. The fraction of sp³-hybridized carbons (Fsp3) is 0.800. The first-order valence-electron chi connectivity index (χ1n) is 3.11. The quantitative estimate of drug-likeness (QED) is 0.214. The fourth-order valence-electron chi connectivity index (χ4n) is 0.526. The molecule has 0 unspecified atom stereocenters. The Hall–Kier alpha value is -0.770. The summed E-state index contributed by atoms with van der Waals surface area (Å²) in [6, 6.07) is 0. The molecule has 0 aliphatic heterocycles. The van der Waals surface area contributed by atoms with Crippen molar-refractivity contribution in [3.05, 3.63) is 0 Å². The van der Waals surface area contributed by atoms with Crippen LogP contribution in [0.2, 0.25) is 0 Å². The van der Waals surface area contributed by atoms with Gasteiger partial charge in [0.25, 0.3) is 0 Å². The summed E-state index contributed by atoms with van der Waals surface area (Å²) in [5, 5.41) is 6.81. The molecule has 0 bridgehead atoms. The summed E-state index contributed by atoms with van der Waals surface area (Å²) in [5.41, 5.74) is 2.23. The summed E-state index contributed by atoms with van der Waals surface area (Å²) in [6.07, 6.45) is 0.873. The summed E-state index contributed by atoms with van der Waals surface area (Å²) in [7, 11) is 0. The van der Waals surface area contributed by atoms with E-state index in [-0.39, 0.29) is 0 Å². The first-order chi connectivity index (χ1) is 4.35. The van der Waals surface area contributed by atoms with Crippen LogP contribution < -0.4 is 16.7 Å². The number of hydrazone groups is 1. The number of nitrogens with two attached hydrogens (primary N) is 1. The van der Waals surface area contributed by atoms with Crippen molar-refractivity contribution in [1.82, 2.24) is 10.9 Å². The minimum Gasteiger partial charge on any atom is -0.372 e. The molecule has 0 atom stereocenters. The Morgan fingerprint density at radius 2 is 2.22 bits per heavy atom. The Bertz CT molecular complexity index is 89.0. The Morgan fingerprint density at radius 1 is 1.56 bits per heavy atom. The van der Waals surface area contributed by atoms with Crippen LogP contribution in [0.1, 0.15) is 20.3 Å². The molecule has 4 heteroatoms. The summed E-state index contributed by atoms with van der Waals surface area (Å²) in [5.74, 6) is 5.85. The van der Waals surface area contributed by atoms with Gasteiger partial charge in [0.1, 0.15) is 5.84 Å². The van der Waals surface area contributed by atoms with Gasteiger partial charge < -0.3 is 5.32 Å². The second kappa shape index (κ2) is 5.37. The summed E-state index contributed by atoms with van der Waals surface area (Å²) in [4.78, 5) is 0. The van der Waals surface area contributed by atoms with E-state index in [9.17, 15) is 0 Å². The van der Waals surface area contributed by atoms with Gasteiger partial charge in [0.2, 0.25) is 0 Å². The van der Waals surface area contributed by atoms with Gasteiger partial charge in [-0.15, -0.1) is 0 Å². The maximum atomic E-state index is 4.96. The van der Waals surface area contributed by atoms with E-state index in [4.69, 9.17) is 5.84 Å². The van der Waals surface area contributed by atoms with E-state index < -0.39 is 0 Å². The van der Waals surface area contributed by atoms with Crippen molar-refractivity contribution < 1.29 is 0 Å². The predicted octanol–water partition coefficient (Wildman–Crippen LogP) is -0.217. The van der Waals surface area contributed by atoms with Crippen molar-refractivity contribution in [1.29, 1.82) is 0 Å². The zero-order valence-corrected chi connectivity index (χ0v) is 5.94. The topological polar surface area (TPSA) is 62.4 Å². The number of nitrogens with one attached hydrogen (secondary N) is 2. The monoisotopic (exact) mass is 130 g/mol. The van der Waals surface area contributed by atoms with Crippen LogP contribution in [0, 0.1) is 0 Å². The molecule has 0 aliphatic rings. The number of rotatable bonds is 3. The van der Waals surface area contributed by atoms with Crippen molar-refractivity contribution in [3.8, 4) is 0 Å². The molecule has 54 valence electrons.